The Balaban J connectivity index is 2.84. The number of hydrogen-bond donors (Lipinski definition) is 0. The van der Waals surface area contributed by atoms with Crippen LogP contribution in [0.4, 0.5) is 10.1 Å². The van der Waals surface area contributed by atoms with E-state index in [1.807, 2.05) is 13.0 Å². The lowest BCUT2D eigenvalue weighted by Gasteiger charge is -2.14. The minimum Gasteiger partial charge on any atom is -0.489 e. The van der Waals surface area contributed by atoms with E-state index >= 15 is 0 Å². The summed E-state index contributed by atoms with van der Waals surface area (Å²) in [6.45, 7) is 1.84. The number of halogens is 1. The zero-order chi connectivity index (χ0) is 12.8. The van der Waals surface area contributed by atoms with Gasteiger partial charge in [0.1, 0.15) is 11.9 Å². The van der Waals surface area contributed by atoms with Gasteiger partial charge in [-0.2, -0.15) is 9.65 Å². The molecule has 0 aliphatic carbocycles. The van der Waals surface area contributed by atoms with Crippen molar-refractivity contribution in [1.29, 1.82) is 5.26 Å². The van der Waals surface area contributed by atoms with Crippen molar-refractivity contribution in [3.8, 4) is 11.8 Å². The van der Waals surface area contributed by atoms with E-state index in [1.54, 1.807) is 0 Å². The highest BCUT2D eigenvalue weighted by Crippen LogP contribution is 2.23. The molecule has 0 saturated carbocycles. The third-order valence-electron chi connectivity index (χ3n) is 2.19. The van der Waals surface area contributed by atoms with E-state index in [1.165, 1.54) is 6.07 Å². The van der Waals surface area contributed by atoms with Crippen molar-refractivity contribution in [2.75, 3.05) is 0 Å². The molecular formula is C11H11FN2O3. The first kappa shape index (κ1) is 12.9. The Kier molecular flexibility index (Phi) is 4.40. The molecule has 0 bridgehead atoms. The molecule has 0 fully saturated rings. The van der Waals surface area contributed by atoms with Gasteiger partial charge in [-0.05, 0) is 12.5 Å². The summed E-state index contributed by atoms with van der Waals surface area (Å²) >= 11 is 0. The van der Waals surface area contributed by atoms with E-state index in [-0.39, 0.29) is 18.3 Å². The topological polar surface area (TPSA) is 76.2 Å². The molecule has 0 spiro atoms. The van der Waals surface area contributed by atoms with Crippen LogP contribution in [0, 0.1) is 27.3 Å². The van der Waals surface area contributed by atoms with Gasteiger partial charge >= 0.3 is 5.69 Å². The Bertz CT molecular complexity index is 457. The minimum absolute atomic E-state index is 0.190. The number of hydrogen-bond acceptors (Lipinski definition) is 4. The van der Waals surface area contributed by atoms with Crippen molar-refractivity contribution in [3.63, 3.8) is 0 Å². The van der Waals surface area contributed by atoms with Crippen LogP contribution in [-0.2, 0) is 0 Å². The predicted octanol–water partition coefficient (Wildman–Crippen LogP) is 2.80. The van der Waals surface area contributed by atoms with Crippen LogP contribution >= 0.6 is 0 Å². The van der Waals surface area contributed by atoms with Gasteiger partial charge < -0.3 is 4.74 Å². The van der Waals surface area contributed by atoms with E-state index in [2.05, 4.69) is 0 Å². The van der Waals surface area contributed by atoms with Gasteiger partial charge in [0.15, 0.2) is 0 Å². The number of ether oxygens (including phenoxy) is 1. The highest BCUT2D eigenvalue weighted by atomic mass is 19.1. The van der Waals surface area contributed by atoms with Gasteiger partial charge in [-0.25, -0.2) is 0 Å². The maximum atomic E-state index is 13.3. The molecule has 6 heteroatoms. The second-order valence-electron chi connectivity index (χ2n) is 3.38. The molecule has 0 aromatic heterocycles. The highest BCUT2D eigenvalue weighted by molar-refractivity contribution is 5.38. The smallest absolute Gasteiger partial charge is 0.305 e. The van der Waals surface area contributed by atoms with Crippen LogP contribution in [0.2, 0.25) is 0 Å². The van der Waals surface area contributed by atoms with Crippen LogP contribution < -0.4 is 4.74 Å². The summed E-state index contributed by atoms with van der Waals surface area (Å²) in [5, 5.41) is 18.9. The molecule has 5 nitrogen and oxygen atoms in total. The maximum absolute atomic E-state index is 13.3. The van der Waals surface area contributed by atoms with Gasteiger partial charge in [0, 0.05) is 12.1 Å². The SMILES string of the molecule is CCC(CC#N)Oc1ccc([N+](=O)[O-])c(F)c1. The summed E-state index contributed by atoms with van der Waals surface area (Å²) < 4.78 is 18.6. The fourth-order valence-electron chi connectivity index (χ4n) is 1.27. The lowest BCUT2D eigenvalue weighted by molar-refractivity contribution is -0.387. The van der Waals surface area contributed by atoms with E-state index in [4.69, 9.17) is 10.00 Å². The zero-order valence-electron chi connectivity index (χ0n) is 9.22. The first-order chi connectivity index (χ1) is 8.08. The van der Waals surface area contributed by atoms with Crippen molar-refractivity contribution in [2.24, 2.45) is 0 Å². The van der Waals surface area contributed by atoms with Crippen LogP contribution in [0.25, 0.3) is 0 Å². The number of benzene rings is 1. The molecule has 0 amide bonds. The minimum atomic E-state index is -0.945. The van der Waals surface area contributed by atoms with Crippen molar-refractivity contribution in [1.82, 2.24) is 0 Å². The fourth-order valence-corrected chi connectivity index (χ4v) is 1.27. The number of nitro benzene ring substituents is 1. The highest BCUT2D eigenvalue weighted by Gasteiger charge is 2.15. The van der Waals surface area contributed by atoms with Crippen LogP contribution in [0.15, 0.2) is 18.2 Å². The molecule has 1 rings (SSSR count). The Hall–Kier alpha value is -2.16. The van der Waals surface area contributed by atoms with Gasteiger partial charge in [-0.15, -0.1) is 0 Å². The third-order valence-corrected chi connectivity index (χ3v) is 2.19. The fraction of sp³-hybridized carbons (Fsp3) is 0.364. The summed E-state index contributed by atoms with van der Waals surface area (Å²) in [7, 11) is 0. The summed E-state index contributed by atoms with van der Waals surface area (Å²) in [6, 6.07) is 5.28. The van der Waals surface area contributed by atoms with E-state index in [0.717, 1.165) is 12.1 Å². The largest absolute Gasteiger partial charge is 0.489 e. The molecule has 90 valence electrons. The molecule has 1 aromatic carbocycles. The average Bonchev–Trinajstić information content (AvgIpc) is 2.28. The van der Waals surface area contributed by atoms with Crippen LogP contribution in [0.3, 0.4) is 0 Å². The molecule has 0 aliphatic rings. The summed E-state index contributed by atoms with van der Waals surface area (Å²) in [5.74, 6) is -0.755. The lowest BCUT2D eigenvalue weighted by atomic mass is 10.2. The molecule has 0 N–H and O–H groups in total. The second-order valence-corrected chi connectivity index (χ2v) is 3.38. The molecule has 1 unspecified atom stereocenters. The Morgan fingerprint density at radius 3 is 2.82 bits per heavy atom. The van der Waals surface area contributed by atoms with Gasteiger partial charge in [0.05, 0.1) is 17.4 Å². The van der Waals surface area contributed by atoms with E-state index in [0.29, 0.717) is 6.42 Å². The van der Waals surface area contributed by atoms with Gasteiger partial charge in [0.25, 0.3) is 0 Å². The Morgan fingerprint density at radius 2 is 2.35 bits per heavy atom. The molecule has 0 radical (unpaired) electrons. The molecule has 1 atom stereocenters. The number of nitriles is 1. The lowest BCUT2D eigenvalue weighted by Crippen LogP contribution is -2.14. The van der Waals surface area contributed by atoms with Crippen molar-refractivity contribution < 1.29 is 14.1 Å². The first-order valence-electron chi connectivity index (χ1n) is 5.06. The summed E-state index contributed by atoms with van der Waals surface area (Å²) in [4.78, 5) is 9.60. The van der Waals surface area contributed by atoms with Gasteiger partial charge in [0.2, 0.25) is 5.82 Å². The molecule has 1 aromatic rings. The van der Waals surface area contributed by atoms with Crippen molar-refractivity contribution in [3.05, 3.63) is 34.1 Å². The van der Waals surface area contributed by atoms with Crippen LogP contribution in [0.5, 0.6) is 5.75 Å². The normalized spacial score (nSPS) is 11.6. The molecular weight excluding hydrogens is 227 g/mol. The van der Waals surface area contributed by atoms with Crippen molar-refractivity contribution >= 4 is 5.69 Å². The monoisotopic (exact) mass is 238 g/mol. The summed E-state index contributed by atoms with van der Waals surface area (Å²) in [6.07, 6.45) is 0.460. The average molecular weight is 238 g/mol. The van der Waals surface area contributed by atoms with Crippen LogP contribution in [0.1, 0.15) is 19.8 Å². The summed E-state index contributed by atoms with van der Waals surface area (Å²) in [5.41, 5.74) is -0.592. The number of nitrogens with zero attached hydrogens (tertiary/aromatic N) is 2. The quantitative estimate of drug-likeness (QED) is 0.583. The standard InChI is InChI=1S/C11H11FN2O3/c1-2-8(5-6-13)17-9-3-4-11(14(15)16)10(12)7-9/h3-4,7-8H,2,5H2,1H3. The maximum Gasteiger partial charge on any atom is 0.305 e. The van der Waals surface area contributed by atoms with Crippen molar-refractivity contribution in [2.45, 2.75) is 25.9 Å². The van der Waals surface area contributed by atoms with E-state index in [9.17, 15) is 14.5 Å². The Labute approximate surface area is 97.6 Å². The number of nitro groups is 1. The van der Waals surface area contributed by atoms with E-state index < -0.39 is 16.4 Å². The molecule has 0 saturated heterocycles. The number of rotatable bonds is 5. The van der Waals surface area contributed by atoms with Gasteiger partial charge in [-0.1, -0.05) is 6.92 Å². The molecule has 0 aliphatic heterocycles. The molecule has 17 heavy (non-hydrogen) atoms. The van der Waals surface area contributed by atoms with Crippen LogP contribution in [-0.4, -0.2) is 11.0 Å². The second kappa shape index (κ2) is 5.80. The third kappa shape index (κ3) is 3.41. The Morgan fingerprint density at radius 1 is 1.65 bits per heavy atom. The first-order valence-corrected chi connectivity index (χ1v) is 5.06. The van der Waals surface area contributed by atoms with Gasteiger partial charge in [-0.3, -0.25) is 10.1 Å². The predicted molar refractivity (Wildman–Crippen MR) is 58.0 cm³/mol. The zero-order valence-corrected chi connectivity index (χ0v) is 9.22. The molecule has 0 heterocycles.